The zero-order valence-electron chi connectivity index (χ0n) is 6.31. The molecule has 1 heterocycles. The molecule has 0 atom stereocenters. The molecule has 12 heavy (non-hydrogen) atoms. The summed E-state index contributed by atoms with van der Waals surface area (Å²) in [6.07, 6.45) is -0.276. The summed E-state index contributed by atoms with van der Waals surface area (Å²) in [5, 5.41) is 5.01. The van der Waals surface area contributed by atoms with Crippen LogP contribution in [0.3, 0.4) is 0 Å². The van der Waals surface area contributed by atoms with Crippen molar-refractivity contribution in [1.82, 2.24) is 9.59 Å². The van der Waals surface area contributed by atoms with Crippen molar-refractivity contribution in [1.29, 1.82) is 0 Å². The Morgan fingerprint density at radius 3 is 2.92 bits per heavy atom. The first-order chi connectivity index (χ1) is 5.74. The van der Waals surface area contributed by atoms with Gasteiger partial charge >= 0.3 is 5.97 Å². The van der Waals surface area contributed by atoms with E-state index in [9.17, 15) is 9.59 Å². The molecule has 0 spiro atoms. The molecule has 0 aliphatic rings. The Morgan fingerprint density at radius 1 is 1.67 bits per heavy atom. The Kier molecular flexibility index (Phi) is 2.87. The van der Waals surface area contributed by atoms with Crippen LogP contribution in [0.15, 0.2) is 5.38 Å². The largest absolute Gasteiger partial charge is 0.469 e. The minimum absolute atomic E-state index is 0.213. The first-order valence-corrected chi connectivity index (χ1v) is 3.94. The summed E-state index contributed by atoms with van der Waals surface area (Å²) in [7, 11) is 1.23. The van der Waals surface area contributed by atoms with E-state index in [-0.39, 0.29) is 17.9 Å². The van der Waals surface area contributed by atoms with Gasteiger partial charge in [0.15, 0.2) is 5.78 Å². The van der Waals surface area contributed by atoms with Crippen LogP contribution >= 0.6 is 11.5 Å². The molecule has 64 valence electrons. The molecule has 0 saturated heterocycles. The molecule has 0 radical (unpaired) electrons. The second kappa shape index (κ2) is 3.91. The molecule has 0 N–H and O–H groups in total. The van der Waals surface area contributed by atoms with Gasteiger partial charge in [-0.3, -0.25) is 9.59 Å². The van der Waals surface area contributed by atoms with Gasteiger partial charge in [0.1, 0.15) is 12.1 Å². The third-order valence-electron chi connectivity index (χ3n) is 1.18. The third-order valence-corrected chi connectivity index (χ3v) is 1.68. The standard InChI is InChI=1S/C6H6N2O3S/c1-11-6(10)2-5(9)4-3-12-8-7-4/h3H,2H2,1H3. The quantitative estimate of drug-likeness (QED) is 0.385. The maximum Gasteiger partial charge on any atom is 0.313 e. The molecule has 1 aromatic heterocycles. The van der Waals surface area contributed by atoms with Crippen LogP contribution < -0.4 is 0 Å². The summed E-state index contributed by atoms with van der Waals surface area (Å²) in [5.41, 5.74) is 0.213. The zero-order chi connectivity index (χ0) is 8.97. The first-order valence-electron chi connectivity index (χ1n) is 3.11. The lowest BCUT2D eigenvalue weighted by molar-refractivity contribution is -0.139. The predicted molar refractivity (Wildman–Crippen MR) is 40.9 cm³/mol. The Labute approximate surface area is 72.5 Å². The number of hydrogen-bond acceptors (Lipinski definition) is 6. The van der Waals surface area contributed by atoms with Crippen molar-refractivity contribution in [2.75, 3.05) is 7.11 Å². The van der Waals surface area contributed by atoms with E-state index in [4.69, 9.17) is 0 Å². The van der Waals surface area contributed by atoms with E-state index >= 15 is 0 Å². The minimum atomic E-state index is -0.562. The van der Waals surface area contributed by atoms with Gasteiger partial charge in [-0.05, 0) is 11.5 Å². The summed E-state index contributed by atoms with van der Waals surface area (Å²) in [6, 6.07) is 0. The SMILES string of the molecule is COC(=O)CC(=O)c1csnn1. The lowest BCUT2D eigenvalue weighted by Crippen LogP contribution is -2.09. The maximum absolute atomic E-state index is 11.1. The van der Waals surface area contributed by atoms with Crippen molar-refractivity contribution in [3.8, 4) is 0 Å². The Bertz CT molecular complexity index is 283. The van der Waals surface area contributed by atoms with Crippen molar-refractivity contribution in [3.63, 3.8) is 0 Å². The van der Waals surface area contributed by atoms with E-state index in [1.54, 1.807) is 0 Å². The molecule has 0 fully saturated rings. The lowest BCUT2D eigenvalue weighted by Gasteiger charge is -1.94. The van der Waals surface area contributed by atoms with E-state index in [1.807, 2.05) is 0 Å². The van der Waals surface area contributed by atoms with E-state index in [1.165, 1.54) is 12.5 Å². The van der Waals surface area contributed by atoms with Gasteiger partial charge in [0.2, 0.25) is 0 Å². The van der Waals surface area contributed by atoms with Crippen LogP contribution in [0, 0.1) is 0 Å². The Hall–Kier alpha value is -1.30. The molecule has 1 aromatic rings. The molecule has 1 rings (SSSR count). The van der Waals surface area contributed by atoms with Crippen molar-refractivity contribution >= 4 is 23.3 Å². The number of nitrogens with zero attached hydrogens (tertiary/aromatic N) is 2. The van der Waals surface area contributed by atoms with Crippen LogP contribution in [0.25, 0.3) is 0 Å². The number of hydrogen-bond donors (Lipinski definition) is 0. The predicted octanol–water partition coefficient (Wildman–Crippen LogP) is 0.284. The number of esters is 1. The van der Waals surface area contributed by atoms with Crippen molar-refractivity contribution in [2.45, 2.75) is 6.42 Å². The number of carbonyl (C=O) groups excluding carboxylic acids is 2. The summed E-state index contributed by atoms with van der Waals surface area (Å²) in [4.78, 5) is 21.7. The molecule has 0 bridgehead atoms. The Morgan fingerprint density at radius 2 is 2.42 bits per heavy atom. The highest BCUT2D eigenvalue weighted by molar-refractivity contribution is 7.03. The van der Waals surface area contributed by atoms with E-state index in [0.717, 1.165) is 11.5 Å². The number of rotatable bonds is 3. The fraction of sp³-hybridized carbons (Fsp3) is 0.333. The van der Waals surface area contributed by atoms with Gasteiger partial charge in [-0.25, -0.2) is 0 Å². The summed E-state index contributed by atoms with van der Waals surface area (Å²) in [6.45, 7) is 0. The van der Waals surface area contributed by atoms with Gasteiger partial charge in [-0.1, -0.05) is 4.49 Å². The van der Waals surface area contributed by atoms with Crippen LogP contribution in [0.2, 0.25) is 0 Å². The molecular formula is C6H6N2O3S. The molecule has 0 saturated carbocycles. The molecular weight excluding hydrogens is 180 g/mol. The van der Waals surface area contributed by atoms with Crippen LogP contribution in [-0.4, -0.2) is 28.4 Å². The maximum atomic E-state index is 11.1. The fourth-order valence-corrected chi connectivity index (χ4v) is 1.04. The van der Waals surface area contributed by atoms with Crippen molar-refractivity contribution in [3.05, 3.63) is 11.1 Å². The summed E-state index contributed by atoms with van der Waals surface area (Å²) in [5.74, 6) is -0.927. The zero-order valence-corrected chi connectivity index (χ0v) is 7.13. The lowest BCUT2D eigenvalue weighted by atomic mass is 10.2. The monoisotopic (exact) mass is 186 g/mol. The smallest absolute Gasteiger partial charge is 0.313 e. The number of carbonyl (C=O) groups is 2. The molecule has 0 unspecified atom stereocenters. The van der Waals surface area contributed by atoms with Gasteiger partial charge < -0.3 is 4.74 Å². The highest BCUT2D eigenvalue weighted by Gasteiger charge is 2.13. The normalized spacial score (nSPS) is 9.42. The van der Waals surface area contributed by atoms with E-state index in [0.29, 0.717) is 0 Å². The van der Waals surface area contributed by atoms with Crippen molar-refractivity contribution < 1.29 is 14.3 Å². The van der Waals surface area contributed by atoms with E-state index in [2.05, 4.69) is 14.3 Å². The van der Waals surface area contributed by atoms with Crippen LogP contribution in [0.5, 0.6) is 0 Å². The average molecular weight is 186 g/mol. The van der Waals surface area contributed by atoms with Crippen molar-refractivity contribution in [2.24, 2.45) is 0 Å². The van der Waals surface area contributed by atoms with Gasteiger partial charge in [0.05, 0.1) is 7.11 Å². The number of methoxy groups -OCH3 is 1. The highest BCUT2D eigenvalue weighted by atomic mass is 32.1. The number of ketones is 1. The van der Waals surface area contributed by atoms with Gasteiger partial charge in [0, 0.05) is 5.38 Å². The van der Waals surface area contributed by atoms with Gasteiger partial charge in [-0.15, -0.1) is 5.10 Å². The van der Waals surface area contributed by atoms with E-state index < -0.39 is 5.97 Å². The molecule has 0 amide bonds. The highest BCUT2D eigenvalue weighted by Crippen LogP contribution is 2.01. The van der Waals surface area contributed by atoms with Gasteiger partial charge in [-0.2, -0.15) is 0 Å². The third kappa shape index (κ3) is 2.09. The molecule has 5 nitrogen and oxygen atoms in total. The first kappa shape index (κ1) is 8.79. The number of ether oxygens (including phenoxy) is 1. The molecule has 0 aliphatic heterocycles. The molecule has 0 aliphatic carbocycles. The van der Waals surface area contributed by atoms with Crippen LogP contribution in [0.4, 0.5) is 0 Å². The Balaban J connectivity index is 2.56. The fourth-order valence-electron chi connectivity index (χ4n) is 0.580. The summed E-state index contributed by atoms with van der Waals surface area (Å²) < 4.78 is 7.81. The molecule has 0 aromatic carbocycles. The average Bonchev–Trinajstić information content (AvgIpc) is 2.56. The number of Topliss-reactive ketones (excluding diaryl/α,β-unsaturated/α-hetero) is 1. The topological polar surface area (TPSA) is 69.2 Å². The summed E-state index contributed by atoms with van der Waals surface area (Å²) >= 11 is 1.07. The second-order valence-electron chi connectivity index (χ2n) is 1.97. The van der Waals surface area contributed by atoms with Gasteiger partial charge in [0.25, 0.3) is 0 Å². The number of aromatic nitrogens is 2. The second-order valence-corrected chi connectivity index (χ2v) is 2.58. The molecule has 6 heteroatoms. The minimum Gasteiger partial charge on any atom is -0.469 e. The van der Waals surface area contributed by atoms with Crippen LogP contribution in [-0.2, 0) is 9.53 Å². The van der Waals surface area contributed by atoms with Crippen LogP contribution in [0.1, 0.15) is 16.9 Å².